The number of hydrogen-bond acceptors (Lipinski definition) is 2. The van der Waals surface area contributed by atoms with Crippen LogP contribution in [0.15, 0.2) is 28.7 Å². The van der Waals surface area contributed by atoms with E-state index in [9.17, 15) is 9.59 Å². The molecule has 1 fully saturated rings. The summed E-state index contributed by atoms with van der Waals surface area (Å²) < 4.78 is 0.947. The van der Waals surface area contributed by atoms with Gasteiger partial charge < -0.3 is 15.5 Å². The molecular weight excluding hydrogens is 334 g/mol. The van der Waals surface area contributed by atoms with E-state index in [0.29, 0.717) is 11.6 Å². The molecule has 1 atom stereocenters. The smallest absolute Gasteiger partial charge is 0.319 e. The van der Waals surface area contributed by atoms with E-state index < -0.39 is 0 Å². The van der Waals surface area contributed by atoms with Crippen LogP contribution in [-0.2, 0) is 4.79 Å². The second-order valence-electron chi connectivity index (χ2n) is 5.40. The Hall–Kier alpha value is -1.56. The average Bonchev–Trinajstić information content (AvgIpc) is 2.47. The first-order chi connectivity index (χ1) is 10.0. The highest BCUT2D eigenvalue weighted by molar-refractivity contribution is 9.10. The highest BCUT2D eigenvalue weighted by Gasteiger charge is 2.20. The van der Waals surface area contributed by atoms with Crippen molar-refractivity contribution >= 4 is 33.6 Å². The summed E-state index contributed by atoms with van der Waals surface area (Å²) in [5.41, 5.74) is 0.690. The van der Waals surface area contributed by atoms with Crippen LogP contribution < -0.4 is 10.6 Å². The van der Waals surface area contributed by atoms with E-state index in [1.54, 1.807) is 12.1 Å². The summed E-state index contributed by atoms with van der Waals surface area (Å²) in [6.07, 6.45) is 2.21. The van der Waals surface area contributed by atoms with Gasteiger partial charge in [0, 0.05) is 23.2 Å². The van der Waals surface area contributed by atoms with E-state index in [0.717, 1.165) is 24.0 Å². The highest BCUT2D eigenvalue weighted by Crippen LogP contribution is 2.15. The highest BCUT2D eigenvalue weighted by atomic mass is 79.9. The Bertz CT molecular complexity index is 504. The molecule has 1 heterocycles. The monoisotopic (exact) mass is 353 g/mol. The van der Waals surface area contributed by atoms with Crippen molar-refractivity contribution in [3.05, 3.63) is 28.7 Å². The van der Waals surface area contributed by atoms with E-state index in [-0.39, 0.29) is 18.5 Å². The summed E-state index contributed by atoms with van der Waals surface area (Å²) in [5.74, 6) is 0.520. The van der Waals surface area contributed by atoms with Crippen LogP contribution in [0, 0.1) is 5.92 Å². The second-order valence-corrected chi connectivity index (χ2v) is 6.32. The van der Waals surface area contributed by atoms with Crippen LogP contribution in [0.2, 0.25) is 0 Å². The molecule has 6 heteroatoms. The Balaban J connectivity index is 1.75. The lowest BCUT2D eigenvalue weighted by Gasteiger charge is -2.31. The van der Waals surface area contributed by atoms with E-state index in [2.05, 4.69) is 33.5 Å². The van der Waals surface area contributed by atoms with Crippen LogP contribution in [-0.4, -0.2) is 36.5 Å². The summed E-state index contributed by atoms with van der Waals surface area (Å²) in [6, 6.07) is 6.90. The summed E-state index contributed by atoms with van der Waals surface area (Å²) >= 11 is 3.33. The summed E-state index contributed by atoms with van der Waals surface area (Å²) in [4.78, 5) is 25.6. The zero-order chi connectivity index (χ0) is 15.2. The average molecular weight is 354 g/mol. The molecule has 1 aromatic carbocycles. The van der Waals surface area contributed by atoms with Crippen molar-refractivity contribution in [2.75, 3.05) is 25.0 Å². The number of anilines is 1. The van der Waals surface area contributed by atoms with Crippen molar-refractivity contribution in [3.63, 3.8) is 0 Å². The lowest BCUT2D eigenvalue weighted by molar-refractivity contribution is -0.131. The molecule has 2 N–H and O–H groups in total. The molecule has 1 aliphatic heterocycles. The van der Waals surface area contributed by atoms with Gasteiger partial charge in [-0.25, -0.2) is 4.79 Å². The Morgan fingerprint density at radius 1 is 1.33 bits per heavy atom. The lowest BCUT2D eigenvalue weighted by atomic mass is 10.0. The Morgan fingerprint density at radius 2 is 2.05 bits per heavy atom. The minimum Gasteiger partial charge on any atom is -0.341 e. The molecule has 0 bridgehead atoms. The van der Waals surface area contributed by atoms with E-state index in [4.69, 9.17) is 0 Å². The first-order valence-electron chi connectivity index (χ1n) is 7.13. The number of rotatable bonds is 3. The zero-order valence-electron chi connectivity index (χ0n) is 12.1. The Morgan fingerprint density at radius 3 is 2.71 bits per heavy atom. The third-order valence-corrected chi connectivity index (χ3v) is 4.04. The largest absolute Gasteiger partial charge is 0.341 e. The number of nitrogens with zero attached hydrogens (tertiary/aromatic N) is 1. The van der Waals surface area contributed by atoms with Gasteiger partial charge >= 0.3 is 6.03 Å². The van der Waals surface area contributed by atoms with Gasteiger partial charge in [-0.3, -0.25) is 4.79 Å². The molecule has 21 heavy (non-hydrogen) atoms. The van der Waals surface area contributed by atoms with E-state index in [1.807, 2.05) is 17.0 Å². The number of piperidine rings is 1. The van der Waals surface area contributed by atoms with Gasteiger partial charge in [0.15, 0.2) is 0 Å². The minimum absolute atomic E-state index is 0.0208. The SMILES string of the molecule is CC1CCCN(C(=O)CNC(=O)Nc2ccc(Br)cc2)C1. The van der Waals surface area contributed by atoms with Gasteiger partial charge in [0.2, 0.25) is 5.91 Å². The minimum atomic E-state index is -0.365. The number of carbonyl (C=O) groups excluding carboxylic acids is 2. The zero-order valence-corrected chi connectivity index (χ0v) is 13.6. The third-order valence-electron chi connectivity index (χ3n) is 3.51. The normalized spacial score (nSPS) is 18.2. The molecule has 2 rings (SSSR count). The van der Waals surface area contributed by atoms with Gasteiger partial charge in [-0.05, 0) is 43.0 Å². The first kappa shape index (κ1) is 15.8. The van der Waals surface area contributed by atoms with Crippen LogP contribution in [0.4, 0.5) is 10.5 Å². The van der Waals surface area contributed by atoms with Gasteiger partial charge in [-0.15, -0.1) is 0 Å². The van der Waals surface area contributed by atoms with Gasteiger partial charge in [0.05, 0.1) is 6.54 Å². The summed E-state index contributed by atoms with van der Waals surface area (Å²) in [7, 11) is 0. The predicted octanol–water partition coefficient (Wildman–Crippen LogP) is 2.83. The molecule has 3 amide bonds. The molecule has 0 saturated carbocycles. The van der Waals surface area contributed by atoms with Crippen LogP contribution in [0.3, 0.4) is 0 Å². The fraction of sp³-hybridized carbons (Fsp3) is 0.467. The molecule has 0 radical (unpaired) electrons. The molecule has 1 aromatic rings. The standard InChI is InChI=1S/C15H20BrN3O2/c1-11-3-2-8-19(10-11)14(20)9-17-15(21)18-13-6-4-12(16)5-7-13/h4-7,11H,2-3,8-10H2,1H3,(H2,17,18,21). The van der Waals surface area contributed by atoms with Crippen molar-refractivity contribution in [3.8, 4) is 0 Å². The number of halogens is 1. The molecule has 1 aliphatic rings. The lowest BCUT2D eigenvalue weighted by Crippen LogP contribution is -2.45. The third kappa shape index (κ3) is 5.04. The Kier molecular flexibility index (Phi) is 5.61. The number of amides is 3. The molecule has 0 aliphatic carbocycles. The predicted molar refractivity (Wildman–Crippen MR) is 86.1 cm³/mol. The number of urea groups is 1. The molecule has 114 valence electrons. The quantitative estimate of drug-likeness (QED) is 0.877. The van der Waals surface area contributed by atoms with Crippen LogP contribution in [0.25, 0.3) is 0 Å². The topological polar surface area (TPSA) is 61.4 Å². The first-order valence-corrected chi connectivity index (χ1v) is 7.92. The van der Waals surface area contributed by atoms with Crippen molar-refractivity contribution in [2.24, 2.45) is 5.92 Å². The number of nitrogens with one attached hydrogen (secondary N) is 2. The van der Waals surface area contributed by atoms with Gasteiger partial charge in [-0.1, -0.05) is 22.9 Å². The van der Waals surface area contributed by atoms with Crippen molar-refractivity contribution in [1.29, 1.82) is 0 Å². The number of carbonyl (C=O) groups is 2. The van der Waals surface area contributed by atoms with Gasteiger partial charge in [0.25, 0.3) is 0 Å². The molecule has 1 saturated heterocycles. The maximum absolute atomic E-state index is 12.0. The van der Waals surface area contributed by atoms with Crippen LogP contribution >= 0.6 is 15.9 Å². The maximum Gasteiger partial charge on any atom is 0.319 e. The maximum atomic E-state index is 12.0. The van der Waals surface area contributed by atoms with Gasteiger partial charge in [-0.2, -0.15) is 0 Å². The summed E-state index contributed by atoms with van der Waals surface area (Å²) in [6.45, 7) is 3.76. The van der Waals surface area contributed by atoms with Crippen molar-refractivity contribution in [2.45, 2.75) is 19.8 Å². The fourth-order valence-electron chi connectivity index (χ4n) is 2.39. The van der Waals surface area contributed by atoms with Crippen LogP contribution in [0.1, 0.15) is 19.8 Å². The van der Waals surface area contributed by atoms with Crippen molar-refractivity contribution in [1.82, 2.24) is 10.2 Å². The molecule has 1 unspecified atom stereocenters. The summed E-state index contributed by atoms with van der Waals surface area (Å²) in [5, 5.41) is 5.30. The number of benzene rings is 1. The fourth-order valence-corrected chi connectivity index (χ4v) is 2.66. The molecule has 5 nitrogen and oxygen atoms in total. The molecule has 0 aromatic heterocycles. The molecular formula is C15H20BrN3O2. The van der Waals surface area contributed by atoms with E-state index >= 15 is 0 Å². The molecule has 0 spiro atoms. The number of likely N-dealkylation sites (tertiary alicyclic amines) is 1. The number of hydrogen-bond donors (Lipinski definition) is 2. The second kappa shape index (κ2) is 7.45. The Labute approximate surface area is 133 Å². The van der Waals surface area contributed by atoms with Crippen molar-refractivity contribution < 1.29 is 9.59 Å². The van der Waals surface area contributed by atoms with Gasteiger partial charge in [0.1, 0.15) is 0 Å². The van der Waals surface area contributed by atoms with Crippen LogP contribution in [0.5, 0.6) is 0 Å². The van der Waals surface area contributed by atoms with E-state index in [1.165, 1.54) is 6.42 Å².